The molecule has 6 heteroatoms. The highest BCUT2D eigenvalue weighted by Gasteiger charge is 2.29. The van der Waals surface area contributed by atoms with Crippen molar-refractivity contribution in [3.8, 4) is 0 Å². The fourth-order valence-corrected chi connectivity index (χ4v) is 4.15. The van der Waals surface area contributed by atoms with Crippen molar-refractivity contribution < 1.29 is 8.42 Å². The highest BCUT2D eigenvalue weighted by molar-refractivity contribution is 9.09. The number of pyridine rings is 1. The van der Waals surface area contributed by atoms with Crippen LogP contribution in [0.5, 0.6) is 0 Å². The van der Waals surface area contributed by atoms with Crippen LogP contribution in [0.25, 0.3) is 0 Å². The SMILES string of the molecule is O=S(=O)(CCc1ccncc1)N1CCC(Br)C1. The van der Waals surface area contributed by atoms with E-state index in [4.69, 9.17) is 0 Å². The Balaban J connectivity index is 1.94. The molecule has 94 valence electrons. The molecule has 0 amide bonds. The summed E-state index contributed by atoms with van der Waals surface area (Å²) in [6.45, 7) is 1.23. The van der Waals surface area contributed by atoms with Crippen LogP contribution in [-0.2, 0) is 16.4 Å². The molecule has 1 saturated heterocycles. The Morgan fingerprint density at radius 1 is 1.41 bits per heavy atom. The van der Waals surface area contributed by atoms with Crippen LogP contribution in [0.4, 0.5) is 0 Å². The predicted molar refractivity (Wildman–Crippen MR) is 70.6 cm³/mol. The van der Waals surface area contributed by atoms with Crippen molar-refractivity contribution in [1.82, 2.24) is 9.29 Å². The summed E-state index contributed by atoms with van der Waals surface area (Å²) in [5.41, 5.74) is 1.01. The van der Waals surface area contributed by atoms with Crippen molar-refractivity contribution in [3.63, 3.8) is 0 Å². The average Bonchev–Trinajstić information content (AvgIpc) is 2.76. The first kappa shape index (κ1) is 13.0. The van der Waals surface area contributed by atoms with Crippen LogP contribution < -0.4 is 0 Å². The smallest absolute Gasteiger partial charge is 0.214 e. The highest BCUT2D eigenvalue weighted by Crippen LogP contribution is 2.20. The number of sulfonamides is 1. The maximum Gasteiger partial charge on any atom is 0.214 e. The number of nitrogens with zero attached hydrogens (tertiary/aromatic N) is 2. The molecule has 4 nitrogen and oxygen atoms in total. The van der Waals surface area contributed by atoms with E-state index in [1.807, 2.05) is 12.1 Å². The number of rotatable bonds is 4. The minimum atomic E-state index is -3.11. The van der Waals surface area contributed by atoms with Gasteiger partial charge in [0.15, 0.2) is 0 Å². The quantitative estimate of drug-likeness (QED) is 0.789. The van der Waals surface area contributed by atoms with Gasteiger partial charge >= 0.3 is 0 Å². The van der Waals surface area contributed by atoms with E-state index < -0.39 is 10.0 Å². The third-order valence-corrected chi connectivity index (χ3v) is 5.47. The Bertz CT molecular complexity index is 464. The first-order valence-electron chi connectivity index (χ1n) is 5.59. The molecule has 0 aromatic carbocycles. The zero-order valence-corrected chi connectivity index (χ0v) is 11.8. The van der Waals surface area contributed by atoms with Crippen molar-refractivity contribution in [3.05, 3.63) is 30.1 Å². The molecule has 0 radical (unpaired) electrons. The topological polar surface area (TPSA) is 50.3 Å². The summed E-state index contributed by atoms with van der Waals surface area (Å²) in [5.74, 6) is 0.177. The molecule has 0 N–H and O–H groups in total. The van der Waals surface area contributed by atoms with Crippen molar-refractivity contribution >= 4 is 26.0 Å². The van der Waals surface area contributed by atoms with Gasteiger partial charge in [0.2, 0.25) is 10.0 Å². The van der Waals surface area contributed by atoms with Crippen LogP contribution in [0.2, 0.25) is 0 Å². The highest BCUT2D eigenvalue weighted by atomic mass is 79.9. The molecule has 0 spiro atoms. The summed E-state index contributed by atoms with van der Waals surface area (Å²) in [6.07, 6.45) is 4.82. The number of alkyl halides is 1. The minimum Gasteiger partial charge on any atom is -0.265 e. The summed E-state index contributed by atoms with van der Waals surface area (Å²) < 4.78 is 25.7. The molecular formula is C11H15BrN2O2S. The number of halogens is 1. The molecule has 1 fully saturated rings. The van der Waals surface area contributed by atoms with Crippen LogP contribution >= 0.6 is 15.9 Å². The van der Waals surface area contributed by atoms with Crippen LogP contribution in [0.15, 0.2) is 24.5 Å². The van der Waals surface area contributed by atoms with E-state index >= 15 is 0 Å². The molecule has 1 unspecified atom stereocenters. The van der Waals surface area contributed by atoms with E-state index in [0.717, 1.165) is 12.0 Å². The zero-order chi connectivity index (χ0) is 12.3. The Morgan fingerprint density at radius 3 is 2.71 bits per heavy atom. The Labute approximate surface area is 110 Å². The zero-order valence-electron chi connectivity index (χ0n) is 9.42. The number of aryl methyl sites for hydroxylation is 1. The van der Waals surface area contributed by atoms with E-state index in [1.54, 1.807) is 16.7 Å². The number of hydrogen-bond acceptors (Lipinski definition) is 3. The molecule has 1 aromatic heterocycles. The van der Waals surface area contributed by atoms with E-state index in [-0.39, 0.29) is 5.75 Å². The second-order valence-electron chi connectivity index (χ2n) is 4.17. The van der Waals surface area contributed by atoms with Crippen molar-refractivity contribution in [2.75, 3.05) is 18.8 Å². The molecule has 1 aromatic rings. The van der Waals surface area contributed by atoms with Gasteiger partial charge in [0.25, 0.3) is 0 Å². The normalized spacial score (nSPS) is 21.8. The molecule has 1 aliphatic heterocycles. The molecule has 1 aliphatic rings. The summed E-state index contributed by atoms with van der Waals surface area (Å²) in [5, 5.41) is 0. The maximum atomic E-state index is 12.0. The van der Waals surface area contributed by atoms with Gasteiger partial charge in [-0.25, -0.2) is 12.7 Å². The molecule has 2 heterocycles. The summed E-state index contributed by atoms with van der Waals surface area (Å²) in [4.78, 5) is 4.22. The molecule has 17 heavy (non-hydrogen) atoms. The molecule has 0 aliphatic carbocycles. The fraction of sp³-hybridized carbons (Fsp3) is 0.545. The van der Waals surface area contributed by atoms with E-state index in [9.17, 15) is 8.42 Å². The van der Waals surface area contributed by atoms with Crippen molar-refractivity contribution in [2.45, 2.75) is 17.7 Å². The van der Waals surface area contributed by atoms with Gasteiger partial charge in [-0.05, 0) is 30.5 Å². The lowest BCUT2D eigenvalue weighted by Crippen LogP contribution is -2.31. The second-order valence-corrected chi connectivity index (χ2v) is 7.55. The summed E-state index contributed by atoms with van der Waals surface area (Å²) >= 11 is 3.45. The largest absolute Gasteiger partial charge is 0.265 e. The molecule has 2 rings (SSSR count). The number of hydrogen-bond donors (Lipinski definition) is 0. The van der Waals surface area contributed by atoms with Gasteiger partial charge in [0, 0.05) is 30.3 Å². The third kappa shape index (κ3) is 3.50. The molecular weight excluding hydrogens is 304 g/mol. The van der Waals surface area contributed by atoms with Gasteiger partial charge in [0.05, 0.1) is 5.75 Å². The van der Waals surface area contributed by atoms with E-state index in [1.165, 1.54) is 0 Å². The molecule has 0 saturated carbocycles. The first-order chi connectivity index (χ1) is 8.08. The first-order valence-corrected chi connectivity index (χ1v) is 8.11. The van der Waals surface area contributed by atoms with Crippen LogP contribution in [0.3, 0.4) is 0 Å². The van der Waals surface area contributed by atoms with E-state index in [2.05, 4.69) is 20.9 Å². The van der Waals surface area contributed by atoms with Gasteiger partial charge in [0.1, 0.15) is 0 Å². The Hall–Kier alpha value is -0.460. The third-order valence-electron chi connectivity index (χ3n) is 2.88. The molecule has 0 bridgehead atoms. The second kappa shape index (κ2) is 5.46. The van der Waals surface area contributed by atoms with Crippen molar-refractivity contribution in [2.24, 2.45) is 0 Å². The van der Waals surface area contributed by atoms with Gasteiger partial charge in [-0.1, -0.05) is 15.9 Å². The minimum absolute atomic E-state index is 0.177. The lowest BCUT2D eigenvalue weighted by molar-refractivity contribution is 0.478. The fourth-order valence-electron chi connectivity index (χ4n) is 1.87. The maximum absolute atomic E-state index is 12.0. The Morgan fingerprint density at radius 2 is 2.12 bits per heavy atom. The van der Waals surface area contributed by atoms with Crippen LogP contribution in [0.1, 0.15) is 12.0 Å². The molecule has 1 atom stereocenters. The monoisotopic (exact) mass is 318 g/mol. The summed E-state index contributed by atoms with van der Waals surface area (Å²) in [6, 6.07) is 3.71. The average molecular weight is 319 g/mol. The standard InChI is InChI=1S/C11H15BrN2O2S/c12-11-3-7-14(9-11)17(15,16)8-4-10-1-5-13-6-2-10/h1-2,5-6,11H,3-4,7-9H2. The Kier molecular flexibility index (Phi) is 4.17. The van der Waals surface area contributed by atoms with E-state index in [0.29, 0.717) is 24.3 Å². The lowest BCUT2D eigenvalue weighted by Gasteiger charge is -2.15. The predicted octanol–water partition coefficient (Wildman–Crippen LogP) is 1.42. The van der Waals surface area contributed by atoms with Crippen LogP contribution in [-0.4, -0.2) is 41.4 Å². The number of aromatic nitrogens is 1. The van der Waals surface area contributed by atoms with Crippen molar-refractivity contribution in [1.29, 1.82) is 0 Å². The van der Waals surface area contributed by atoms with Crippen LogP contribution in [0, 0.1) is 0 Å². The summed E-state index contributed by atoms with van der Waals surface area (Å²) in [7, 11) is -3.11. The van der Waals surface area contributed by atoms with Gasteiger partial charge in [-0.15, -0.1) is 0 Å². The lowest BCUT2D eigenvalue weighted by atomic mass is 10.2. The van der Waals surface area contributed by atoms with Gasteiger partial charge in [-0.2, -0.15) is 0 Å². The van der Waals surface area contributed by atoms with Gasteiger partial charge in [-0.3, -0.25) is 4.98 Å². The van der Waals surface area contributed by atoms with Gasteiger partial charge < -0.3 is 0 Å².